The van der Waals surface area contributed by atoms with Crippen molar-refractivity contribution >= 4 is 41.7 Å². The molecule has 0 bridgehead atoms. The minimum absolute atomic E-state index is 0. The summed E-state index contributed by atoms with van der Waals surface area (Å²) in [5.41, 5.74) is 3.97. The summed E-state index contributed by atoms with van der Waals surface area (Å²) in [6.07, 6.45) is 4.02. The molecule has 180 valence electrons. The van der Waals surface area contributed by atoms with Gasteiger partial charge >= 0.3 is 6.03 Å². The molecule has 8 nitrogen and oxygen atoms in total. The maximum Gasteiger partial charge on any atom is 0.321 e. The van der Waals surface area contributed by atoms with Crippen LogP contribution in [0, 0.1) is 0 Å². The van der Waals surface area contributed by atoms with E-state index in [0.717, 1.165) is 60.2 Å². The van der Waals surface area contributed by atoms with Crippen molar-refractivity contribution in [2.75, 3.05) is 32.5 Å². The summed E-state index contributed by atoms with van der Waals surface area (Å²) in [5, 5.41) is 6.39. The average Bonchev–Trinajstić information content (AvgIpc) is 3.53. The number of imidazole rings is 1. The van der Waals surface area contributed by atoms with Crippen molar-refractivity contribution in [3.8, 4) is 11.3 Å². The lowest BCUT2D eigenvalue weighted by atomic mass is 10.2. The van der Waals surface area contributed by atoms with Gasteiger partial charge in [-0.3, -0.25) is 4.99 Å². The molecule has 0 atom stereocenters. The Morgan fingerprint density at radius 2 is 1.91 bits per heavy atom. The van der Waals surface area contributed by atoms with E-state index in [1.54, 1.807) is 7.05 Å². The van der Waals surface area contributed by atoms with E-state index < -0.39 is 0 Å². The van der Waals surface area contributed by atoms with E-state index in [4.69, 9.17) is 0 Å². The van der Waals surface area contributed by atoms with Crippen molar-refractivity contribution in [3.05, 3.63) is 72.2 Å². The molecule has 2 aromatic carbocycles. The van der Waals surface area contributed by atoms with Crippen LogP contribution in [0.4, 0.5) is 10.5 Å². The number of carbonyl (C=O) groups is 1. The molecule has 1 aliphatic heterocycles. The Bertz CT molecular complexity index is 1090. The molecule has 2 amide bonds. The third kappa shape index (κ3) is 6.72. The van der Waals surface area contributed by atoms with Crippen LogP contribution in [0.5, 0.6) is 0 Å². The maximum atomic E-state index is 12.4. The molecule has 0 spiro atoms. The van der Waals surface area contributed by atoms with Crippen LogP contribution in [0.25, 0.3) is 11.3 Å². The number of guanidine groups is 1. The van der Waals surface area contributed by atoms with Crippen LogP contribution in [-0.2, 0) is 13.1 Å². The van der Waals surface area contributed by atoms with E-state index in [1.807, 2.05) is 65.5 Å². The van der Waals surface area contributed by atoms with Gasteiger partial charge in [0, 0.05) is 39.4 Å². The Morgan fingerprint density at radius 3 is 2.65 bits per heavy atom. The summed E-state index contributed by atoms with van der Waals surface area (Å²) in [6.45, 7) is 2.85. The highest BCUT2D eigenvalue weighted by Gasteiger charge is 2.17. The van der Waals surface area contributed by atoms with Gasteiger partial charge < -0.3 is 25.4 Å². The van der Waals surface area contributed by atoms with Crippen molar-refractivity contribution in [3.63, 3.8) is 0 Å². The predicted octanol–water partition coefficient (Wildman–Crippen LogP) is 4.53. The van der Waals surface area contributed by atoms with Crippen molar-refractivity contribution in [2.45, 2.75) is 25.9 Å². The number of rotatable bonds is 6. The lowest BCUT2D eigenvalue weighted by molar-refractivity contribution is 0.222. The number of amides is 2. The molecule has 0 aliphatic carbocycles. The highest BCUT2D eigenvalue weighted by Crippen LogP contribution is 2.17. The van der Waals surface area contributed by atoms with Crippen LogP contribution in [0.15, 0.2) is 65.8 Å². The van der Waals surface area contributed by atoms with Gasteiger partial charge in [0.1, 0.15) is 5.82 Å². The van der Waals surface area contributed by atoms with Gasteiger partial charge in [-0.05, 0) is 36.1 Å². The van der Waals surface area contributed by atoms with Gasteiger partial charge in [-0.25, -0.2) is 9.78 Å². The second kappa shape index (κ2) is 12.4. The van der Waals surface area contributed by atoms with Crippen LogP contribution in [-0.4, -0.2) is 58.9 Å². The molecule has 0 saturated carbocycles. The number of hydrogen-bond donors (Lipinski definition) is 3. The second-order valence-corrected chi connectivity index (χ2v) is 8.19. The first-order valence-electron chi connectivity index (χ1n) is 11.3. The normalized spacial score (nSPS) is 13.4. The zero-order chi connectivity index (χ0) is 23.0. The fraction of sp³-hybridized carbons (Fsp3) is 0.320. The summed E-state index contributed by atoms with van der Waals surface area (Å²) >= 11 is 0. The lowest BCUT2D eigenvalue weighted by Crippen LogP contribution is -2.38. The van der Waals surface area contributed by atoms with Crippen LogP contribution in [0.1, 0.15) is 24.2 Å². The van der Waals surface area contributed by atoms with Gasteiger partial charge in [0.2, 0.25) is 0 Å². The van der Waals surface area contributed by atoms with Crippen molar-refractivity contribution in [2.24, 2.45) is 4.99 Å². The number of benzene rings is 2. The van der Waals surface area contributed by atoms with Crippen LogP contribution in [0.3, 0.4) is 0 Å². The number of halogens is 1. The lowest BCUT2D eigenvalue weighted by Gasteiger charge is -2.21. The topological polar surface area (TPSA) is 88.7 Å². The van der Waals surface area contributed by atoms with Gasteiger partial charge in [-0.15, -0.1) is 24.0 Å². The zero-order valence-corrected chi connectivity index (χ0v) is 22.0. The van der Waals surface area contributed by atoms with Gasteiger partial charge in [0.05, 0.1) is 18.4 Å². The van der Waals surface area contributed by atoms with Gasteiger partial charge in [0.25, 0.3) is 0 Å². The molecule has 3 N–H and O–H groups in total. The molecular weight excluding hydrogens is 541 g/mol. The van der Waals surface area contributed by atoms with E-state index in [0.29, 0.717) is 13.1 Å². The molecule has 2 heterocycles. The minimum Gasteiger partial charge on any atom is -0.352 e. The molecule has 1 fully saturated rings. The Balaban J connectivity index is 0.00000324. The van der Waals surface area contributed by atoms with Crippen molar-refractivity contribution in [1.82, 2.24) is 25.1 Å². The molecule has 9 heteroatoms. The molecule has 34 heavy (non-hydrogen) atoms. The zero-order valence-electron chi connectivity index (χ0n) is 19.6. The highest BCUT2D eigenvalue weighted by molar-refractivity contribution is 14.0. The number of nitrogens with zero attached hydrogens (tertiary/aromatic N) is 4. The Kier molecular flexibility index (Phi) is 9.32. The fourth-order valence-corrected chi connectivity index (χ4v) is 3.95. The molecule has 1 saturated heterocycles. The summed E-state index contributed by atoms with van der Waals surface area (Å²) in [7, 11) is 3.75. The van der Waals surface area contributed by atoms with Crippen molar-refractivity contribution < 1.29 is 4.79 Å². The fourth-order valence-electron chi connectivity index (χ4n) is 3.95. The van der Waals surface area contributed by atoms with Crippen LogP contribution >= 0.6 is 24.0 Å². The predicted molar refractivity (Wildman–Crippen MR) is 147 cm³/mol. The summed E-state index contributed by atoms with van der Waals surface area (Å²) in [5.74, 6) is 1.63. The summed E-state index contributed by atoms with van der Waals surface area (Å²) < 4.78 is 0. The van der Waals surface area contributed by atoms with E-state index in [-0.39, 0.29) is 30.0 Å². The smallest absolute Gasteiger partial charge is 0.321 e. The molecule has 0 radical (unpaired) electrons. The van der Waals surface area contributed by atoms with Gasteiger partial charge in [0.15, 0.2) is 5.96 Å². The number of hydrogen-bond acceptors (Lipinski definition) is 3. The SMILES string of the molecule is CN=C(NCc1cccc(NC(=O)N2CCCC2)c1)N(C)Cc1ncc(-c2ccccc2)[nH]1.I. The maximum absolute atomic E-state index is 12.4. The molecule has 1 aliphatic rings. The second-order valence-electron chi connectivity index (χ2n) is 8.19. The molecule has 4 rings (SSSR count). The van der Waals surface area contributed by atoms with Crippen LogP contribution < -0.4 is 10.6 Å². The highest BCUT2D eigenvalue weighted by atomic mass is 127. The van der Waals surface area contributed by atoms with E-state index in [9.17, 15) is 4.79 Å². The van der Waals surface area contributed by atoms with E-state index >= 15 is 0 Å². The summed E-state index contributed by atoms with van der Waals surface area (Å²) in [4.78, 5) is 28.5. The van der Waals surface area contributed by atoms with Crippen LogP contribution in [0.2, 0.25) is 0 Å². The first kappa shape index (κ1) is 25.5. The molecule has 3 aromatic rings. The molecular formula is C25H32IN7O. The molecule has 0 unspecified atom stereocenters. The third-order valence-electron chi connectivity index (χ3n) is 5.70. The number of carbonyl (C=O) groups excluding carboxylic acids is 1. The number of aliphatic imine (C=N–C) groups is 1. The Morgan fingerprint density at radius 1 is 1.15 bits per heavy atom. The van der Waals surface area contributed by atoms with E-state index in [1.165, 1.54) is 0 Å². The number of likely N-dealkylation sites (tertiary alicyclic amines) is 1. The van der Waals surface area contributed by atoms with Crippen molar-refractivity contribution in [1.29, 1.82) is 0 Å². The minimum atomic E-state index is -0.0264. The number of aromatic nitrogens is 2. The molecule has 1 aromatic heterocycles. The first-order chi connectivity index (χ1) is 16.1. The summed E-state index contributed by atoms with van der Waals surface area (Å²) in [6, 6.07) is 18.0. The number of H-pyrrole nitrogens is 1. The number of anilines is 1. The standard InChI is InChI=1S/C25H31N7O.HI/c1-26-24(31(2)18-23-27-17-22(30-23)20-10-4-3-5-11-20)28-16-19-9-8-12-21(15-19)29-25(33)32-13-6-7-14-32;/h3-5,8-12,15,17H,6-7,13-14,16,18H2,1-2H3,(H,26,28)(H,27,30)(H,29,33);1H. The largest absolute Gasteiger partial charge is 0.352 e. The van der Waals surface area contributed by atoms with Gasteiger partial charge in [-0.1, -0.05) is 42.5 Å². The van der Waals surface area contributed by atoms with E-state index in [2.05, 4.69) is 37.7 Å². The van der Waals surface area contributed by atoms with Gasteiger partial charge in [-0.2, -0.15) is 0 Å². The first-order valence-corrected chi connectivity index (χ1v) is 11.3. The Hall–Kier alpha value is -3.08. The number of urea groups is 1. The number of aromatic amines is 1. The monoisotopic (exact) mass is 573 g/mol. The average molecular weight is 573 g/mol. The third-order valence-corrected chi connectivity index (χ3v) is 5.70. The Labute approximate surface area is 217 Å². The quantitative estimate of drug-likeness (QED) is 0.230. The number of nitrogens with one attached hydrogen (secondary N) is 3.